The molecule has 0 atom stereocenters. The zero-order chi connectivity index (χ0) is 31.7. The molecule has 8 aromatic rings. The van der Waals surface area contributed by atoms with Crippen LogP contribution in [0.5, 0.6) is 0 Å². The molecule has 6 nitrogen and oxygen atoms in total. The highest BCUT2D eigenvalue weighted by Crippen LogP contribution is 2.30. The van der Waals surface area contributed by atoms with Gasteiger partial charge in [0.2, 0.25) is 0 Å². The molecule has 6 heteroatoms. The predicted octanol–water partition coefficient (Wildman–Crippen LogP) is 8.85. The van der Waals surface area contributed by atoms with Crippen molar-refractivity contribution >= 4 is 11.0 Å². The summed E-state index contributed by atoms with van der Waals surface area (Å²) in [6.45, 7) is 0. The van der Waals surface area contributed by atoms with E-state index >= 15 is 0 Å². The Hall–Kier alpha value is -6.40. The second-order valence-electron chi connectivity index (χ2n) is 11.4. The van der Waals surface area contributed by atoms with Crippen LogP contribution in [-0.4, -0.2) is 24.1 Å². The van der Waals surface area contributed by atoms with Crippen LogP contribution in [0.3, 0.4) is 0 Å². The van der Waals surface area contributed by atoms with Crippen LogP contribution in [0.15, 0.2) is 163 Å². The standard InChI is InChI=1S/C41H29N5O/c1-45-37-27-34(25-26-36(37)46(41(45)47)35-15-9-4-10-16-35)30-19-17-28(18-20-30)29-21-23-33(24-22-29)40-43-38(31-11-5-2-6-12-31)42-39(44-40)32-13-7-3-8-14-32/h2-27H,1H3. The molecule has 0 spiro atoms. The maximum atomic E-state index is 13.1. The molecule has 0 saturated heterocycles. The number of aryl methyl sites for hydroxylation is 1. The zero-order valence-electron chi connectivity index (χ0n) is 25.7. The minimum atomic E-state index is -0.0631. The number of rotatable bonds is 6. The summed E-state index contributed by atoms with van der Waals surface area (Å²) in [4.78, 5) is 27.6. The van der Waals surface area contributed by atoms with E-state index in [1.807, 2.05) is 104 Å². The summed E-state index contributed by atoms with van der Waals surface area (Å²) in [5.74, 6) is 1.92. The average Bonchev–Trinajstić information content (AvgIpc) is 3.41. The van der Waals surface area contributed by atoms with E-state index in [-0.39, 0.29) is 5.69 Å². The summed E-state index contributed by atoms with van der Waals surface area (Å²) in [7, 11) is 1.82. The Morgan fingerprint density at radius 3 is 1.28 bits per heavy atom. The molecule has 47 heavy (non-hydrogen) atoms. The molecule has 2 heterocycles. The molecule has 0 saturated carbocycles. The van der Waals surface area contributed by atoms with Gasteiger partial charge in [0.05, 0.1) is 16.7 Å². The molecule has 0 aliphatic carbocycles. The van der Waals surface area contributed by atoms with Crippen LogP contribution in [0.2, 0.25) is 0 Å². The third-order valence-electron chi connectivity index (χ3n) is 8.46. The summed E-state index contributed by atoms with van der Waals surface area (Å²) in [6, 6.07) is 52.8. The highest BCUT2D eigenvalue weighted by atomic mass is 16.1. The summed E-state index contributed by atoms with van der Waals surface area (Å²) >= 11 is 0. The lowest BCUT2D eigenvalue weighted by Crippen LogP contribution is -2.20. The van der Waals surface area contributed by atoms with Crippen molar-refractivity contribution in [3.05, 3.63) is 168 Å². The van der Waals surface area contributed by atoms with Crippen LogP contribution in [0.1, 0.15) is 0 Å². The third-order valence-corrected chi connectivity index (χ3v) is 8.46. The fourth-order valence-corrected chi connectivity index (χ4v) is 5.95. The smallest absolute Gasteiger partial charge is 0.295 e. The Balaban J connectivity index is 1.09. The van der Waals surface area contributed by atoms with Crippen molar-refractivity contribution < 1.29 is 0 Å². The van der Waals surface area contributed by atoms with Gasteiger partial charge in [-0.2, -0.15) is 0 Å². The SMILES string of the molecule is Cn1c(=O)n(-c2ccccc2)c2ccc(-c3ccc(-c4ccc(-c5nc(-c6ccccc6)nc(-c6ccccc6)n5)cc4)cc3)cc21. The molecule has 0 unspecified atom stereocenters. The fourth-order valence-electron chi connectivity index (χ4n) is 5.95. The third kappa shape index (κ3) is 5.32. The molecular formula is C41H29N5O. The topological polar surface area (TPSA) is 65.6 Å². The van der Waals surface area contributed by atoms with Crippen molar-refractivity contribution in [2.45, 2.75) is 0 Å². The number of hydrogen-bond donors (Lipinski definition) is 0. The summed E-state index contributed by atoms with van der Waals surface area (Å²) in [6.07, 6.45) is 0. The van der Waals surface area contributed by atoms with Gasteiger partial charge in [-0.15, -0.1) is 0 Å². The van der Waals surface area contributed by atoms with Gasteiger partial charge in [0, 0.05) is 23.7 Å². The number of aromatic nitrogens is 5. The average molecular weight is 608 g/mol. The molecule has 0 fully saturated rings. The molecule has 0 aliphatic heterocycles. The van der Waals surface area contributed by atoms with E-state index in [1.54, 1.807) is 9.13 Å². The minimum absolute atomic E-state index is 0.0631. The van der Waals surface area contributed by atoms with E-state index in [0.29, 0.717) is 17.5 Å². The first-order chi connectivity index (χ1) is 23.1. The Kier molecular flexibility index (Phi) is 7.08. The van der Waals surface area contributed by atoms with Crippen LogP contribution in [0.25, 0.3) is 73.1 Å². The van der Waals surface area contributed by atoms with Crippen LogP contribution in [-0.2, 0) is 7.05 Å². The zero-order valence-corrected chi connectivity index (χ0v) is 25.7. The van der Waals surface area contributed by atoms with Crippen molar-refractivity contribution in [2.24, 2.45) is 7.05 Å². The number of nitrogens with zero attached hydrogens (tertiary/aromatic N) is 5. The largest absolute Gasteiger partial charge is 0.333 e. The molecular weight excluding hydrogens is 578 g/mol. The van der Waals surface area contributed by atoms with Crippen molar-refractivity contribution in [1.29, 1.82) is 0 Å². The van der Waals surface area contributed by atoms with E-state index < -0.39 is 0 Å². The molecule has 0 radical (unpaired) electrons. The van der Waals surface area contributed by atoms with E-state index in [2.05, 4.69) is 60.7 Å². The number of para-hydroxylation sites is 1. The van der Waals surface area contributed by atoms with Crippen LogP contribution < -0.4 is 5.69 Å². The molecule has 0 amide bonds. The van der Waals surface area contributed by atoms with Gasteiger partial charge < -0.3 is 0 Å². The number of benzene rings is 6. The van der Waals surface area contributed by atoms with Gasteiger partial charge in [0.15, 0.2) is 17.5 Å². The second-order valence-corrected chi connectivity index (χ2v) is 11.4. The monoisotopic (exact) mass is 607 g/mol. The molecule has 0 N–H and O–H groups in total. The Morgan fingerprint density at radius 1 is 0.404 bits per heavy atom. The quantitative estimate of drug-likeness (QED) is 0.189. The van der Waals surface area contributed by atoms with Gasteiger partial charge in [-0.05, 0) is 46.5 Å². The first-order valence-electron chi connectivity index (χ1n) is 15.5. The van der Waals surface area contributed by atoms with Crippen LogP contribution in [0.4, 0.5) is 0 Å². The van der Waals surface area contributed by atoms with E-state index in [1.165, 1.54) is 0 Å². The Labute approximate surface area is 271 Å². The first-order valence-corrected chi connectivity index (χ1v) is 15.5. The highest BCUT2D eigenvalue weighted by molar-refractivity contribution is 5.84. The van der Waals surface area contributed by atoms with Crippen molar-refractivity contribution in [3.8, 4) is 62.1 Å². The Morgan fingerprint density at radius 2 is 0.787 bits per heavy atom. The fraction of sp³-hybridized carbons (Fsp3) is 0.0244. The molecule has 0 bridgehead atoms. The first kappa shape index (κ1) is 28.1. The molecule has 0 aliphatic rings. The van der Waals surface area contributed by atoms with E-state index in [9.17, 15) is 4.79 Å². The molecule has 2 aromatic heterocycles. The number of fused-ring (bicyclic) bond motifs is 1. The summed E-state index contributed by atoms with van der Waals surface area (Å²) in [5.41, 5.74) is 9.71. The van der Waals surface area contributed by atoms with Crippen molar-refractivity contribution in [3.63, 3.8) is 0 Å². The van der Waals surface area contributed by atoms with Gasteiger partial charge in [-0.3, -0.25) is 9.13 Å². The van der Waals surface area contributed by atoms with Crippen LogP contribution >= 0.6 is 0 Å². The van der Waals surface area contributed by atoms with Gasteiger partial charge in [-0.25, -0.2) is 19.7 Å². The lowest BCUT2D eigenvalue weighted by molar-refractivity contribution is 0.846. The van der Waals surface area contributed by atoms with E-state index in [4.69, 9.17) is 15.0 Å². The van der Waals surface area contributed by atoms with Gasteiger partial charge in [-0.1, -0.05) is 133 Å². The second kappa shape index (κ2) is 11.8. The minimum Gasteiger partial charge on any atom is -0.295 e. The van der Waals surface area contributed by atoms with Gasteiger partial charge >= 0.3 is 5.69 Å². The van der Waals surface area contributed by atoms with Gasteiger partial charge in [0.1, 0.15) is 0 Å². The normalized spacial score (nSPS) is 11.2. The Bertz CT molecular complexity index is 2340. The maximum absolute atomic E-state index is 13.1. The highest BCUT2D eigenvalue weighted by Gasteiger charge is 2.14. The molecule has 224 valence electrons. The number of imidazole rings is 1. The van der Waals surface area contributed by atoms with Crippen molar-refractivity contribution in [2.75, 3.05) is 0 Å². The van der Waals surface area contributed by atoms with Crippen LogP contribution in [0, 0.1) is 0 Å². The predicted molar refractivity (Wildman–Crippen MR) is 189 cm³/mol. The van der Waals surface area contributed by atoms with Gasteiger partial charge in [0.25, 0.3) is 0 Å². The summed E-state index contributed by atoms with van der Waals surface area (Å²) < 4.78 is 3.47. The number of hydrogen-bond acceptors (Lipinski definition) is 4. The van der Waals surface area contributed by atoms with Crippen molar-refractivity contribution in [1.82, 2.24) is 24.1 Å². The van der Waals surface area contributed by atoms with E-state index in [0.717, 1.165) is 55.7 Å². The summed E-state index contributed by atoms with van der Waals surface area (Å²) in [5, 5.41) is 0. The maximum Gasteiger partial charge on any atom is 0.333 e. The molecule has 8 rings (SSSR count). The lowest BCUT2D eigenvalue weighted by atomic mass is 9.99. The lowest BCUT2D eigenvalue weighted by Gasteiger charge is -2.09. The molecule has 6 aromatic carbocycles.